The van der Waals surface area contributed by atoms with Gasteiger partial charge in [0.25, 0.3) is 10.0 Å². The van der Waals surface area contributed by atoms with E-state index in [1.54, 1.807) is 42.5 Å². The van der Waals surface area contributed by atoms with Crippen molar-refractivity contribution in [2.75, 3.05) is 18.0 Å². The standard InChI is InChI=1S/C31H39N3O5S/c1-6-24(4)32-31(36)27(7-2)33(21-25-15-13-14-23(3)20-25)30(35)22-34(28-18-11-12-19-29(28)39-5)40(37,38)26-16-9-8-10-17-26/h8-20,24,27H,6-7,21-22H2,1-5H3,(H,32,36)/t24-,27+/m1/s1. The fourth-order valence-corrected chi connectivity index (χ4v) is 5.88. The van der Waals surface area contributed by atoms with Crippen molar-refractivity contribution >= 4 is 27.5 Å². The molecule has 40 heavy (non-hydrogen) atoms. The number of para-hydroxylation sites is 2. The number of carbonyl (C=O) groups excluding carboxylic acids is 2. The minimum absolute atomic E-state index is 0.0421. The Bertz CT molecular complexity index is 1390. The van der Waals surface area contributed by atoms with E-state index in [4.69, 9.17) is 4.74 Å². The van der Waals surface area contributed by atoms with Crippen molar-refractivity contribution < 1.29 is 22.7 Å². The monoisotopic (exact) mass is 565 g/mol. The van der Waals surface area contributed by atoms with Crippen LogP contribution in [-0.4, -0.2) is 50.9 Å². The zero-order valence-corrected chi connectivity index (χ0v) is 24.6. The van der Waals surface area contributed by atoms with Crippen LogP contribution in [-0.2, 0) is 26.2 Å². The summed E-state index contributed by atoms with van der Waals surface area (Å²) in [5.41, 5.74) is 2.09. The van der Waals surface area contributed by atoms with Crippen molar-refractivity contribution in [2.24, 2.45) is 0 Å². The van der Waals surface area contributed by atoms with E-state index < -0.39 is 28.5 Å². The number of benzene rings is 3. The van der Waals surface area contributed by atoms with Gasteiger partial charge in [-0.25, -0.2) is 8.42 Å². The lowest BCUT2D eigenvalue weighted by Gasteiger charge is -2.34. The third-order valence-corrected chi connectivity index (χ3v) is 8.56. The highest BCUT2D eigenvalue weighted by atomic mass is 32.2. The van der Waals surface area contributed by atoms with Gasteiger partial charge in [-0.15, -0.1) is 0 Å². The number of hydrogen-bond acceptors (Lipinski definition) is 5. The number of hydrogen-bond donors (Lipinski definition) is 1. The first-order chi connectivity index (χ1) is 19.1. The van der Waals surface area contributed by atoms with Gasteiger partial charge in [0.15, 0.2) is 0 Å². The largest absolute Gasteiger partial charge is 0.495 e. The molecule has 0 aliphatic rings. The first kappa shape index (κ1) is 30.7. The van der Waals surface area contributed by atoms with Gasteiger partial charge >= 0.3 is 0 Å². The van der Waals surface area contributed by atoms with Crippen LogP contribution in [0.4, 0.5) is 5.69 Å². The molecule has 0 saturated heterocycles. The van der Waals surface area contributed by atoms with Crippen LogP contribution in [0.3, 0.4) is 0 Å². The van der Waals surface area contributed by atoms with Gasteiger partial charge in [-0.2, -0.15) is 0 Å². The SMILES string of the molecule is CC[C@@H](C)NC(=O)[C@H](CC)N(Cc1cccc(C)c1)C(=O)CN(c1ccccc1OC)S(=O)(=O)c1ccccc1. The summed E-state index contributed by atoms with van der Waals surface area (Å²) < 4.78 is 34.4. The number of anilines is 1. The fourth-order valence-electron chi connectivity index (χ4n) is 4.44. The first-order valence-electron chi connectivity index (χ1n) is 13.5. The molecule has 9 heteroatoms. The Labute approximate surface area is 238 Å². The van der Waals surface area contributed by atoms with E-state index >= 15 is 0 Å². The first-order valence-corrected chi connectivity index (χ1v) is 14.9. The predicted octanol–water partition coefficient (Wildman–Crippen LogP) is 4.92. The number of sulfonamides is 1. The van der Waals surface area contributed by atoms with Crippen molar-refractivity contribution in [1.82, 2.24) is 10.2 Å². The molecule has 1 N–H and O–H groups in total. The van der Waals surface area contributed by atoms with Crippen molar-refractivity contribution in [3.05, 3.63) is 90.0 Å². The molecule has 0 aliphatic carbocycles. The molecule has 214 valence electrons. The highest BCUT2D eigenvalue weighted by molar-refractivity contribution is 7.92. The topological polar surface area (TPSA) is 96.0 Å². The molecule has 2 amide bonds. The molecule has 0 aliphatic heterocycles. The zero-order chi connectivity index (χ0) is 29.3. The minimum Gasteiger partial charge on any atom is -0.495 e. The summed E-state index contributed by atoms with van der Waals surface area (Å²) in [5.74, 6) is -0.465. The molecule has 0 aromatic heterocycles. The van der Waals surface area contributed by atoms with Gasteiger partial charge in [0.2, 0.25) is 11.8 Å². The molecule has 3 rings (SSSR count). The van der Waals surface area contributed by atoms with Crippen molar-refractivity contribution in [1.29, 1.82) is 0 Å². The number of ether oxygens (including phenoxy) is 1. The summed E-state index contributed by atoms with van der Waals surface area (Å²) in [4.78, 5) is 29.0. The van der Waals surface area contributed by atoms with E-state index in [1.165, 1.54) is 24.1 Å². The van der Waals surface area contributed by atoms with Crippen LogP contribution in [0.25, 0.3) is 0 Å². The van der Waals surface area contributed by atoms with Gasteiger partial charge in [-0.05, 0) is 56.5 Å². The molecule has 0 unspecified atom stereocenters. The van der Waals surface area contributed by atoms with Crippen molar-refractivity contribution in [3.8, 4) is 5.75 Å². The number of methoxy groups -OCH3 is 1. The maximum absolute atomic E-state index is 14.2. The van der Waals surface area contributed by atoms with Crippen LogP contribution >= 0.6 is 0 Å². The van der Waals surface area contributed by atoms with Crippen molar-refractivity contribution in [2.45, 2.75) is 64.1 Å². The summed E-state index contributed by atoms with van der Waals surface area (Å²) >= 11 is 0. The van der Waals surface area contributed by atoms with E-state index in [0.29, 0.717) is 12.2 Å². The van der Waals surface area contributed by atoms with Gasteiger partial charge in [-0.1, -0.05) is 74.0 Å². The molecule has 0 bridgehead atoms. The van der Waals surface area contributed by atoms with E-state index in [1.807, 2.05) is 52.0 Å². The van der Waals surface area contributed by atoms with Crippen molar-refractivity contribution in [3.63, 3.8) is 0 Å². The summed E-state index contributed by atoms with van der Waals surface area (Å²) in [6, 6.07) is 21.5. The molecule has 2 atom stereocenters. The summed E-state index contributed by atoms with van der Waals surface area (Å²) in [6.07, 6.45) is 1.10. The van der Waals surface area contributed by atoms with Crippen LogP contribution in [0.5, 0.6) is 5.75 Å². The van der Waals surface area contributed by atoms with Crippen LogP contribution in [0.2, 0.25) is 0 Å². The second kappa shape index (κ2) is 14.0. The average Bonchev–Trinajstić information content (AvgIpc) is 2.96. The number of carbonyl (C=O) groups is 2. The lowest BCUT2D eigenvalue weighted by atomic mass is 10.1. The average molecular weight is 566 g/mol. The molecule has 0 saturated carbocycles. The van der Waals surface area contributed by atoms with Crippen LogP contribution in [0.15, 0.2) is 83.8 Å². The Kier molecular flexibility index (Phi) is 10.7. The van der Waals surface area contributed by atoms with Gasteiger partial charge in [-0.3, -0.25) is 13.9 Å². The quantitative estimate of drug-likeness (QED) is 0.317. The van der Waals surface area contributed by atoms with Gasteiger partial charge in [0, 0.05) is 12.6 Å². The lowest BCUT2D eigenvalue weighted by molar-refractivity contribution is -0.140. The number of aryl methyl sites for hydroxylation is 1. The summed E-state index contributed by atoms with van der Waals surface area (Å²) in [5, 5.41) is 2.99. The molecule has 0 spiro atoms. The Hall–Kier alpha value is -3.85. The van der Waals surface area contributed by atoms with Gasteiger partial charge < -0.3 is 15.0 Å². The summed E-state index contributed by atoms with van der Waals surface area (Å²) in [7, 11) is -2.72. The summed E-state index contributed by atoms with van der Waals surface area (Å²) in [6.45, 7) is 7.32. The molecule has 0 fully saturated rings. The maximum atomic E-state index is 14.2. The van der Waals surface area contributed by atoms with E-state index in [2.05, 4.69) is 5.32 Å². The smallest absolute Gasteiger partial charge is 0.264 e. The highest BCUT2D eigenvalue weighted by Gasteiger charge is 2.34. The molecular formula is C31H39N3O5S. The maximum Gasteiger partial charge on any atom is 0.264 e. The number of nitrogens with zero attached hydrogens (tertiary/aromatic N) is 2. The fraction of sp³-hybridized carbons (Fsp3) is 0.355. The molecule has 3 aromatic rings. The Morgan fingerprint density at radius 2 is 1.60 bits per heavy atom. The lowest BCUT2D eigenvalue weighted by Crippen LogP contribution is -2.53. The molecular weight excluding hydrogens is 526 g/mol. The third-order valence-electron chi connectivity index (χ3n) is 6.79. The number of rotatable bonds is 13. The Balaban J connectivity index is 2.09. The zero-order valence-electron chi connectivity index (χ0n) is 23.8. The van der Waals surface area contributed by atoms with E-state index in [0.717, 1.165) is 21.9 Å². The predicted molar refractivity (Wildman–Crippen MR) is 158 cm³/mol. The highest BCUT2D eigenvalue weighted by Crippen LogP contribution is 2.32. The Morgan fingerprint density at radius 1 is 0.925 bits per heavy atom. The molecule has 0 heterocycles. The van der Waals surface area contributed by atoms with Gasteiger partial charge in [0.1, 0.15) is 18.3 Å². The molecule has 8 nitrogen and oxygen atoms in total. The van der Waals surface area contributed by atoms with E-state index in [-0.39, 0.29) is 29.1 Å². The molecule has 0 radical (unpaired) electrons. The van der Waals surface area contributed by atoms with E-state index in [9.17, 15) is 18.0 Å². The second-order valence-corrected chi connectivity index (χ2v) is 11.6. The van der Waals surface area contributed by atoms with Crippen LogP contribution in [0, 0.1) is 6.92 Å². The van der Waals surface area contributed by atoms with Crippen LogP contribution < -0.4 is 14.4 Å². The minimum atomic E-state index is -4.17. The molecule has 3 aromatic carbocycles. The number of nitrogens with one attached hydrogen (secondary N) is 1. The van der Waals surface area contributed by atoms with Crippen LogP contribution in [0.1, 0.15) is 44.7 Å². The third kappa shape index (κ3) is 7.41. The normalized spacial score (nSPS) is 12.7. The van der Waals surface area contributed by atoms with Gasteiger partial charge in [0.05, 0.1) is 17.7 Å². The Morgan fingerprint density at radius 3 is 2.23 bits per heavy atom. The number of amides is 2. The second-order valence-electron chi connectivity index (χ2n) is 9.75.